The van der Waals surface area contributed by atoms with Crippen molar-refractivity contribution >= 4 is 0 Å². The minimum absolute atomic E-state index is 0.940. The molecule has 0 bridgehead atoms. The molecule has 2 fully saturated rings. The number of hydrogen-bond acceptors (Lipinski definition) is 2. The predicted molar refractivity (Wildman–Crippen MR) is 83.5 cm³/mol. The second kappa shape index (κ2) is 7.64. The fourth-order valence-electron chi connectivity index (χ4n) is 3.89. The number of hydrogen-bond donors (Lipinski definition) is 0. The lowest BCUT2D eigenvalue weighted by Crippen LogP contribution is -2.42. The SMILES string of the molecule is CCC(C)C1CCN(CC2CCN(CC)CC2)CC1. The highest BCUT2D eigenvalue weighted by atomic mass is 15.1. The summed E-state index contributed by atoms with van der Waals surface area (Å²) in [7, 11) is 0. The number of rotatable bonds is 5. The molecule has 2 heteroatoms. The average molecular weight is 266 g/mol. The molecule has 0 aromatic heterocycles. The van der Waals surface area contributed by atoms with E-state index < -0.39 is 0 Å². The van der Waals surface area contributed by atoms with Gasteiger partial charge < -0.3 is 9.80 Å². The van der Waals surface area contributed by atoms with Gasteiger partial charge in [0.05, 0.1) is 0 Å². The van der Waals surface area contributed by atoms with E-state index in [0.29, 0.717) is 0 Å². The highest BCUT2D eigenvalue weighted by Gasteiger charge is 2.25. The third-order valence-corrected chi connectivity index (χ3v) is 5.75. The molecule has 2 saturated heterocycles. The van der Waals surface area contributed by atoms with Gasteiger partial charge in [-0.2, -0.15) is 0 Å². The van der Waals surface area contributed by atoms with Crippen LogP contribution in [-0.2, 0) is 0 Å². The zero-order valence-electron chi connectivity index (χ0n) is 13.4. The summed E-state index contributed by atoms with van der Waals surface area (Å²) in [5.41, 5.74) is 0. The van der Waals surface area contributed by atoms with Crippen molar-refractivity contribution in [3.05, 3.63) is 0 Å². The van der Waals surface area contributed by atoms with Gasteiger partial charge in [-0.3, -0.25) is 0 Å². The molecule has 0 saturated carbocycles. The van der Waals surface area contributed by atoms with Gasteiger partial charge in [-0.05, 0) is 76.2 Å². The first-order chi connectivity index (χ1) is 9.22. The van der Waals surface area contributed by atoms with Gasteiger partial charge in [0.2, 0.25) is 0 Å². The summed E-state index contributed by atoms with van der Waals surface area (Å²) in [6.07, 6.45) is 7.12. The van der Waals surface area contributed by atoms with E-state index in [0.717, 1.165) is 17.8 Å². The maximum atomic E-state index is 2.76. The third-order valence-electron chi connectivity index (χ3n) is 5.75. The summed E-state index contributed by atoms with van der Waals surface area (Å²) in [6, 6.07) is 0. The van der Waals surface area contributed by atoms with Gasteiger partial charge >= 0.3 is 0 Å². The van der Waals surface area contributed by atoms with E-state index in [2.05, 4.69) is 30.6 Å². The van der Waals surface area contributed by atoms with Crippen LogP contribution in [-0.4, -0.2) is 49.1 Å². The Morgan fingerprint density at radius 1 is 0.895 bits per heavy atom. The Kier molecular flexibility index (Phi) is 6.15. The van der Waals surface area contributed by atoms with Crippen LogP contribution in [0.2, 0.25) is 0 Å². The molecule has 1 atom stereocenters. The summed E-state index contributed by atoms with van der Waals surface area (Å²) in [5, 5.41) is 0. The van der Waals surface area contributed by atoms with E-state index in [-0.39, 0.29) is 0 Å². The molecule has 2 aliphatic heterocycles. The van der Waals surface area contributed by atoms with Gasteiger partial charge in [-0.1, -0.05) is 27.2 Å². The first kappa shape index (κ1) is 15.3. The third kappa shape index (κ3) is 4.46. The Bertz CT molecular complexity index is 238. The molecule has 0 amide bonds. The molecule has 1 unspecified atom stereocenters. The number of nitrogens with zero attached hydrogens (tertiary/aromatic N) is 2. The van der Waals surface area contributed by atoms with Crippen LogP contribution in [0, 0.1) is 17.8 Å². The summed E-state index contributed by atoms with van der Waals surface area (Å²) in [5.74, 6) is 2.92. The predicted octanol–water partition coefficient (Wildman–Crippen LogP) is 3.48. The average Bonchev–Trinajstić information content (AvgIpc) is 2.48. The zero-order valence-corrected chi connectivity index (χ0v) is 13.4. The lowest BCUT2D eigenvalue weighted by atomic mass is 9.83. The molecule has 0 aromatic rings. The highest BCUT2D eigenvalue weighted by molar-refractivity contribution is 4.79. The van der Waals surface area contributed by atoms with E-state index in [1.54, 1.807) is 0 Å². The Morgan fingerprint density at radius 2 is 1.47 bits per heavy atom. The van der Waals surface area contributed by atoms with Crippen molar-refractivity contribution in [1.82, 2.24) is 9.80 Å². The summed E-state index contributed by atoms with van der Waals surface area (Å²) in [4.78, 5) is 5.36. The monoisotopic (exact) mass is 266 g/mol. The van der Waals surface area contributed by atoms with E-state index >= 15 is 0 Å². The van der Waals surface area contributed by atoms with Crippen LogP contribution in [0.3, 0.4) is 0 Å². The van der Waals surface area contributed by atoms with Gasteiger partial charge in [0.15, 0.2) is 0 Å². The minimum Gasteiger partial charge on any atom is -0.304 e. The van der Waals surface area contributed by atoms with Crippen molar-refractivity contribution in [2.45, 2.75) is 52.9 Å². The standard InChI is InChI=1S/C17H34N2/c1-4-15(3)17-8-12-19(13-9-17)14-16-6-10-18(5-2)11-7-16/h15-17H,4-14H2,1-3H3. The Labute approximate surface area is 120 Å². The van der Waals surface area contributed by atoms with Crippen LogP contribution in [0.1, 0.15) is 52.9 Å². The molecule has 2 aliphatic rings. The molecular formula is C17H34N2. The van der Waals surface area contributed by atoms with Gasteiger partial charge in [0, 0.05) is 6.54 Å². The number of piperidine rings is 2. The van der Waals surface area contributed by atoms with Crippen LogP contribution in [0.25, 0.3) is 0 Å². The Morgan fingerprint density at radius 3 is 2.00 bits per heavy atom. The van der Waals surface area contributed by atoms with Crippen LogP contribution >= 0.6 is 0 Å². The molecular weight excluding hydrogens is 232 g/mol. The van der Waals surface area contributed by atoms with Crippen LogP contribution in [0.5, 0.6) is 0 Å². The molecule has 0 radical (unpaired) electrons. The van der Waals surface area contributed by atoms with Gasteiger partial charge in [-0.25, -0.2) is 0 Å². The normalized spacial score (nSPS) is 26.7. The first-order valence-corrected chi connectivity index (χ1v) is 8.67. The summed E-state index contributed by atoms with van der Waals surface area (Å²) < 4.78 is 0. The molecule has 19 heavy (non-hydrogen) atoms. The zero-order chi connectivity index (χ0) is 13.7. The minimum atomic E-state index is 0.940. The summed E-state index contributed by atoms with van der Waals surface area (Å²) >= 11 is 0. The molecule has 2 nitrogen and oxygen atoms in total. The topological polar surface area (TPSA) is 6.48 Å². The van der Waals surface area contributed by atoms with E-state index in [1.165, 1.54) is 71.4 Å². The van der Waals surface area contributed by atoms with Crippen LogP contribution < -0.4 is 0 Å². The van der Waals surface area contributed by atoms with Gasteiger partial charge in [0.25, 0.3) is 0 Å². The van der Waals surface area contributed by atoms with Crippen LogP contribution in [0.4, 0.5) is 0 Å². The lowest BCUT2D eigenvalue weighted by molar-refractivity contribution is 0.106. The van der Waals surface area contributed by atoms with Crippen molar-refractivity contribution in [2.75, 3.05) is 39.3 Å². The first-order valence-electron chi connectivity index (χ1n) is 8.67. The van der Waals surface area contributed by atoms with Crippen LogP contribution in [0.15, 0.2) is 0 Å². The van der Waals surface area contributed by atoms with Crippen molar-refractivity contribution in [3.8, 4) is 0 Å². The Hall–Kier alpha value is -0.0800. The summed E-state index contributed by atoms with van der Waals surface area (Å²) in [6.45, 7) is 15.1. The maximum absolute atomic E-state index is 2.76. The molecule has 2 heterocycles. The van der Waals surface area contributed by atoms with Crippen molar-refractivity contribution in [3.63, 3.8) is 0 Å². The second-order valence-corrected chi connectivity index (χ2v) is 6.90. The van der Waals surface area contributed by atoms with Gasteiger partial charge in [-0.15, -0.1) is 0 Å². The van der Waals surface area contributed by atoms with Crippen molar-refractivity contribution in [1.29, 1.82) is 0 Å². The van der Waals surface area contributed by atoms with Crippen molar-refractivity contribution in [2.24, 2.45) is 17.8 Å². The fraction of sp³-hybridized carbons (Fsp3) is 1.00. The molecule has 2 rings (SSSR count). The number of likely N-dealkylation sites (tertiary alicyclic amines) is 2. The van der Waals surface area contributed by atoms with Gasteiger partial charge in [0.1, 0.15) is 0 Å². The van der Waals surface area contributed by atoms with Crippen molar-refractivity contribution < 1.29 is 0 Å². The molecule has 0 aromatic carbocycles. The Balaban J connectivity index is 1.66. The second-order valence-electron chi connectivity index (χ2n) is 6.90. The fourth-order valence-corrected chi connectivity index (χ4v) is 3.89. The van der Waals surface area contributed by atoms with E-state index in [4.69, 9.17) is 0 Å². The quantitative estimate of drug-likeness (QED) is 0.752. The molecule has 112 valence electrons. The van der Waals surface area contributed by atoms with E-state index in [9.17, 15) is 0 Å². The molecule has 0 aliphatic carbocycles. The smallest absolute Gasteiger partial charge is 0.00106 e. The largest absolute Gasteiger partial charge is 0.304 e. The molecule has 0 spiro atoms. The van der Waals surface area contributed by atoms with E-state index in [1.807, 2.05) is 0 Å². The maximum Gasteiger partial charge on any atom is 0.00106 e. The molecule has 0 N–H and O–H groups in total. The highest BCUT2D eigenvalue weighted by Crippen LogP contribution is 2.28. The lowest BCUT2D eigenvalue weighted by Gasteiger charge is -2.38.